The van der Waals surface area contributed by atoms with Crippen LogP contribution >= 0.6 is 23.2 Å². The highest BCUT2D eigenvalue weighted by Crippen LogP contribution is 2.37. The highest BCUT2D eigenvalue weighted by Gasteiger charge is 2.31. The van der Waals surface area contributed by atoms with Crippen LogP contribution in [0.4, 0.5) is 0 Å². The molecule has 1 aromatic heterocycles. The molecule has 1 aliphatic carbocycles. The average Bonchev–Trinajstić information content (AvgIpc) is 2.54. The fraction of sp³-hybridized carbons (Fsp3) is 0.368. The molecule has 1 aromatic carbocycles. The Morgan fingerprint density at radius 3 is 2.88 bits per heavy atom. The topological polar surface area (TPSA) is 50.2 Å². The van der Waals surface area contributed by atoms with Crippen molar-refractivity contribution in [1.29, 1.82) is 0 Å². The molecule has 126 valence electrons. The van der Waals surface area contributed by atoms with E-state index in [0.29, 0.717) is 41.4 Å². The predicted molar refractivity (Wildman–Crippen MR) is 95.7 cm³/mol. The molecule has 0 aliphatic heterocycles. The molecule has 0 amide bonds. The molecule has 0 unspecified atom stereocenters. The van der Waals surface area contributed by atoms with E-state index >= 15 is 0 Å². The lowest BCUT2D eigenvalue weighted by Crippen LogP contribution is -2.22. The number of fused-ring (bicyclic) bond motifs is 1. The van der Waals surface area contributed by atoms with Crippen LogP contribution in [0, 0.1) is 6.92 Å². The first-order valence-electron chi connectivity index (χ1n) is 8.07. The number of aliphatic hydroxyl groups excluding tert-OH is 1. The first kappa shape index (κ1) is 17.4. The van der Waals surface area contributed by atoms with Crippen LogP contribution in [-0.2, 0) is 11.2 Å². The molecule has 3 rings (SSSR count). The smallest absolute Gasteiger partial charge is 0.140 e. The van der Waals surface area contributed by atoms with Crippen molar-refractivity contribution in [3.05, 3.63) is 62.9 Å². The Hall–Kier alpha value is -1.42. The van der Waals surface area contributed by atoms with Gasteiger partial charge in [-0.2, -0.15) is 0 Å². The first-order valence-corrected chi connectivity index (χ1v) is 8.83. The number of Topliss-reactive ketones (excluding diaryl/α,β-unsaturated/α-hetero) is 1. The molecule has 2 atom stereocenters. The summed E-state index contributed by atoms with van der Waals surface area (Å²) in [6.45, 7) is 1.95. The normalized spacial score (nSPS) is 19.8. The van der Waals surface area contributed by atoms with E-state index in [1.54, 1.807) is 12.3 Å². The fourth-order valence-electron chi connectivity index (χ4n) is 3.43. The van der Waals surface area contributed by atoms with Crippen LogP contribution in [0.2, 0.25) is 10.0 Å². The second kappa shape index (κ2) is 7.22. The molecule has 0 saturated heterocycles. The molecular formula is C19H19Cl2NO2. The Balaban J connectivity index is 1.76. The van der Waals surface area contributed by atoms with Gasteiger partial charge in [-0.1, -0.05) is 29.3 Å². The molecule has 2 aromatic rings. The molecular weight excluding hydrogens is 345 g/mol. The van der Waals surface area contributed by atoms with E-state index in [4.69, 9.17) is 23.2 Å². The number of ketones is 1. The molecule has 5 heteroatoms. The summed E-state index contributed by atoms with van der Waals surface area (Å²) in [5.74, 6) is -0.0231. The van der Waals surface area contributed by atoms with Crippen molar-refractivity contribution in [3.8, 4) is 0 Å². The van der Waals surface area contributed by atoms with E-state index in [2.05, 4.69) is 4.98 Å². The zero-order valence-electron chi connectivity index (χ0n) is 13.4. The third-order valence-corrected chi connectivity index (χ3v) is 5.24. The number of pyridine rings is 1. The molecule has 0 spiro atoms. The van der Waals surface area contributed by atoms with Gasteiger partial charge < -0.3 is 5.11 Å². The molecule has 1 aliphatic rings. The number of nitrogens with zero attached hydrogens (tertiary/aromatic N) is 1. The van der Waals surface area contributed by atoms with E-state index < -0.39 is 6.10 Å². The largest absolute Gasteiger partial charge is 0.387 e. The van der Waals surface area contributed by atoms with Gasteiger partial charge in [-0.15, -0.1) is 0 Å². The van der Waals surface area contributed by atoms with E-state index in [9.17, 15) is 9.90 Å². The van der Waals surface area contributed by atoms with E-state index in [-0.39, 0.29) is 11.7 Å². The van der Waals surface area contributed by atoms with Gasteiger partial charge in [0.15, 0.2) is 0 Å². The van der Waals surface area contributed by atoms with E-state index in [1.165, 1.54) is 0 Å². The number of carbonyl (C=O) groups excluding carboxylic acids is 1. The lowest BCUT2D eigenvalue weighted by Gasteiger charge is -2.27. The van der Waals surface area contributed by atoms with Gasteiger partial charge in [-0.3, -0.25) is 9.78 Å². The monoisotopic (exact) mass is 363 g/mol. The van der Waals surface area contributed by atoms with Gasteiger partial charge in [-0.05, 0) is 61.1 Å². The van der Waals surface area contributed by atoms with Crippen LogP contribution in [0.5, 0.6) is 0 Å². The maximum atomic E-state index is 12.8. The Morgan fingerprint density at radius 2 is 2.12 bits per heavy atom. The summed E-state index contributed by atoms with van der Waals surface area (Å²) in [5.41, 5.74) is 3.47. The number of hydrogen-bond acceptors (Lipinski definition) is 3. The van der Waals surface area contributed by atoms with Crippen molar-refractivity contribution in [2.45, 2.75) is 44.6 Å². The number of hydrogen-bond donors (Lipinski definition) is 1. The minimum Gasteiger partial charge on any atom is -0.387 e. The second-order valence-corrected chi connectivity index (χ2v) is 7.12. The summed E-state index contributed by atoms with van der Waals surface area (Å²) in [5, 5.41) is 11.3. The number of carbonyl (C=O) groups is 1. The maximum Gasteiger partial charge on any atom is 0.140 e. The molecule has 0 fully saturated rings. The molecule has 0 bridgehead atoms. The van der Waals surface area contributed by atoms with Gasteiger partial charge in [0.05, 0.1) is 11.8 Å². The van der Waals surface area contributed by atoms with Crippen molar-refractivity contribution in [1.82, 2.24) is 4.98 Å². The second-order valence-electron chi connectivity index (χ2n) is 6.27. The number of aromatic nitrogens is 1. The van der Waals surface area contributed by atoms with Gasteiger partial charge >= 0.3 is 0 Å². The van der Waals surface area contributed by atoms with Gasteiger partial charge in [0.1, 0.15) is 5.78 Å². The van der Waals surface area contributed by atoms with Crippen LogP contribution in [-0.4, -0.2) is 15.9 Å². The van der Waals surface area contributed by atoms with Gasteiger partial charge in [0.25, 0.3) is 0 Å². The zero-order valence-corrected chi connectivity index (χ0v) is 14.9. The summed E-state index contributed by atoms with van der Waals surface area (Å²) in [7, 11) is 0. The molecule has 1 heterocycles. The standard InChI is InChI=1S/C19H19Cl2NO2/c1-11-9-12(20)10-16(21)13(11)4-6-17(23)14-5-7-18(24)19-15(14)3-2-8-22-19/h2-3,8-10,14,18,24H,4-7H2,1H3/t14-,18-/m0/s1. The van der Waals surface area contributed by atoms with Gasteiger partial charge in [-0.25, -0.2) is 0 Å². The van der Waals surface area contributed by atoms with Gasteiger partial charge in [0, 0.05) is 28.6 Å². The van der Waals surface area contributed by atoms with Crippen LogP contribution in [0.25, 0.3) is 0 Å². The Kier molecular flexibility index (Phi) is 5.24. The van der Waals surface area contributed by atoms with Crippen LogP contribution in [0.15, 0.2) is 30.5 Å². The van der Waals surface area contributed by atoms with Crippen LogP contribution in [0.1, 0.15) is 53.7 Å². The molecule has 24 heavy (non-hydrogen) atoms. The minimum absolute atomic E-state index is 0.168. The number of halogens is 2. The molecule has 1 N–H and O–H groups in total. The van der Waals surface area contributed by atoms with E-state index in [0.717, 1.165) is 16.7 Å². The third kappa shape index (κ3) is 3.49. The SMILES string of the molecule is Cc1cc(Cl)cc(Cl)c1CCC(=O)[C@H]1CC[C@H](O)c2ncccc21. The average molecular weight is 364 g/mol. The quantitative estimate of drug-likeness (QED) is 0.847. The zero-order chi connectivity index (χ0) is 17.3. The molecule has 0 radical (unpaired) electrons. The van der Waals surface area contributed by atoms with Gasteiger partial charge in [0.2, 0.25) is 0 Å². The Morgan fingerprint density at radius 1 is 1.33 bits per heavy atom. The summed E-state index contributed by atoms with van der Waals surface area (Å²) in [6.07, 6.45) is 3.32. The summed E-state index contributed by atoms with van der Waals surface area (Å²) < 4.78 is 0. The summed E-state index contributed by atoms with van der Waals surface area (Å²) >= 11 is 12.3. The predicted octanol–water partition coefficient (Wildman–Crippen LogP) is 4.81. The number of benzene rings is 1. The van der Waals surface area contributed by atoms with Crippen molar-refractivity contribution in [2.24, 2.45) is 0 Å². The first-order chi connectivity index (χ1) is 11.5. The van der Waals surface area contributed by atoms with Crippen LogP contribution < -0.4 is 0 Å². The maximum absolute atomic E-state index is 12.8. The van der Waals surface area contributed by atoms with Crippen molar-refractivity contribution in [3.63, 3.8) is 0 Å². The number of rotatable bonds is 4. The van der Waals surface area contributed by atoms with Crippen molar-refractivity contribution >= 4 is 29.0 Å². The van der Waals surface area contributed by atoms with Crippen molar-refractivity contribution < 1.29 is 9.90 Å². The Bertz CT molecular complexity index is 753. The highest BCUT2D eigenvalue weighted by atomic mass is 35.5. The molecule has 0 saturated carbocycles. The highest BCUT2D eigenvalue weighted by molar-refractivity contribution is 6.35. The van der Waals surface area contributed by atoms with Crippen molar-refractivity contribution in [2.75, 3.05) is 0 Å². The fourth-order valence-corrected chi connectivity index (χ4v) is 4.12. The molecule has 3 nitrogen and oxygen atoms in total. The summed E-state index contributed by atoms with van der Waals surface area (Å²) in [6, 6.07) is 7.29. The van der Waals surface area contributed by atoms with E-state index in [1.807, 2.05) is 25.1 Å². The minimum atomic E-state index is -0.571. The third-order valence-electron chi connectivity index (χ3n) is 4.68. The number of aryl methyl sites for hydroxylation is 1. The summed E-state index contributed by atoms with van der Waals surface area (Å²) in [4.78, 5) is 17.0. The lowest BCUT2D eigenvalue weighted by atomic mass is 9.80. The van der Waals surface area contributed by atoms with Crippen LogP contribution in [0.3, 0.4) is 0 Å². The number of aliphatic hydroxyl groups is 1. The lowest BCUT2D eigenvalue weighted by molar-refractivity contribution is -0.121. The Labute approximate surface area is 151 Å².